The van der Waals surface area contributed by atoms with Crippen LogP contribution in [0.2, 0.25) is 0 Å². The van der Waals surface area contributed by atoms with Gasteiger partial charge in [-0.25, -0.2) is 22.4 Å². The number of sulfonamides is 1. The Morgan fingerprint density at radius 1 is 1.07 bits per heavy atom. The van der Waals surface area contributed by atoms with Gasteiger partial charge in [-0.3, -0.25) is 20.0 Å². The number of pyridine rings is 2. The molecule has 40 heavy (non-hydrogen) atoms. The number of hydrogen-bond donors (Lipinski definition) is 3. The number of fused-ring (bicyclic) bond motifs is 1. The standard InChI is InChI=1S/C25H35N9O5S/c1-25(2,3)31-40(37,38)20-13-19(14-26-15-20)18-5-6-21-28-23(30-34(21)17-18)29-24(36)27-16-22(35)33-9-7-32(8-10-33)11-12-39-4/h5-6,13-15,17,31H,7-12,16H2,1-4H3,(H2,27,29,30,36). The summed E-state index contributed by atoms with van der Waals surface area (Å²) in [7, 11) is -2.10. The summed E-state index contributed by atoms with van der Waals surface area (Å²) in [5, 5.41) is 9.38. The van der Waals surface area contributed by atoms with E-state index < -0.39 is 21.6 Å². The number of carbonyl (C=O) groups is 2. The molecule has 0 bridgehead atoms. The molecular formula is C25H35N9O5S. The highest BCUT2D eigenvalue weighted by atomic mass is 32.2. The molecule has 0 aliphatic carbocycles. The number of hydrogen-bond acceptors (Lipinski definition) is 9. The molecule has 1 saturated heterocycles. The third-order valence-corrected chi connectivity index (χ3v) is 7.82. The van der Waals surface area contributed by atoms with Crippen LogP contribution in [0.4, 0.5) is 10.7 Å². The Hall–Kier alpha value is -3.66. The summed E-state index contributed by atoms with van der Waals surface area (Å²) in [5.41, 5.74) is 1.05. The molecule has 0 radical (unpaired) electrons. The predicted molar refractivity (Wildman–Crippen MR) is 148 cm³/mol. The molecule has 15 heteroatoms. The Morgan fingerprint density at radius 3 is 2.52 bits per heavy atom. The summed E-state index contributed by atoms with van der Waals surface area (Å²) in [6.07, 6.45) is 4.50. The molecule has 3 aromatic rings. The summed E-state index contributed by atoms with van der Waals surface area (Å²) < 4.78 is 34.6. The monoisotopic (exact) mass is 573 g/mol. The summed E-state index contributed by atoms with van der Waals surface area (Å²) in [6, 6.07) is 4.38. The van der Waals surface area contributed by atoms with Crippen molar-refractivity contribution in [3.05, 3.63) is 36.8 Å². The van der Waals surface area contributed by atoms with Crippen molar-refractivity contribution in [3.8, 4) is 11.1 Å². The number of nitrogens with one attached hydrogen (secondary N) is 3. The first-order chi connectivity index (χ1) is 18.9. The largest absolute Gasteiger partial charge is 0.383 e. The van der Waals surface area contributed by atoms with Crippen molar-refractivity contribution >= 4 is 33.6 Å². The van der Waals surface area contributed by atoms with Gasteiger partial charge in [0.1, 0.15) is 4.90 Å². The highest BCUT2D eigenvalue weighted by Crippen LogP contribution is 2.23. The Labute approximate surface area is 233 Å². The first-order valence-electron chi connectivity index (χ1n) is 12.8. The molecular weight excluding hydrogens is 538 g/mol. The van der Waals surface area contributed by atoms with E-state index >= 15 is 0 Å². The topological polar surface area (TPSA) is 163 Å². The SMILES string of the molecule is COCCN1CCN(C(=O)CNC(=O)Nc2nc3ccc(-c4cncc(S(=O)(=O)NC(C)(C)C)c4)cn3n2)CC1. The lowest BCUT2D eigenvalue weighted by Crippen LogP contribution is -2.51. The van der Waals surface area contributed by atoms with Gasteiger partial charge in [0.25, 0.3) is 5.95 Å². The van der Waals surface area contributed by atoms with E-state index in [-0.39, 0.29) is 23.3 Å². The molecule has 1 fully saturated rings. The van der Waals surface area contributed by atoms with E-state index in [2.05, 4.69) is 35.3 Å². The lowest BCUT2D eigenvalue weighted by atomic mass is 10.1. The number of amides is 3. The zero-order valence-electron chi connectivity index (χ0n) is 23.0. The zero-order chi connectivity index (χ0) is 28.9. The van der Waals surface area contributed by atoms with Crippen LogP contribution in [-0.4, -0.2) is 108 Å². The summed E-state index contributed by atoms with van der Waals surface area (Å²) in [5.74, 6) is -0.109. The van der Waals surface area contributed by atoms with E-state index in [1.807, 2.05) is 0 Å². The number of methoxy groups -OCH3 is 1. The number of rotatable bonds is 9. The van der Waals surface area contributed by atoms with Crippen LogP contribution >= 0.6 is 0 Å². The number of anilines is 1. The van der Waals surface area contributed by atoms with Gasteiger partial charge in [0.15, 0.2) is 5.65 Å². The van der Waals surface area contributed by atoms with Gasteiger partial charge in [-0.1, -0.05) is 0 Å². The lowest BCUT2D eigenvalue weighted by Gasteiger charge is -2.34. The summed E-state index contributed by atoms with van der Waals surface area (Å²) in [6.45, 7) is 9.34. The number of urea groups is 1. The van der Waals surface area contributed by atoms with Crippen LogP contribution in [-0.2, 0) is 19.6 Å². The molecule has 4 rings (SSSR count). The summed E-state index contributed by atoms with van der Waals surface area (Å²) >= 11 is 0. The van der Waals surface area contributed by atoms with E-state index in [9.17, 15) is 18.0 Å². The quantitative estimate of drug-likeness (QED) is 0.336. The van der Waals surface area contributed by atoms with Crippen molar-refractivity contribution in [2.45, 2.75) is 31.2 Å². The van der Waals surface area contributed by atoms with Gasteiger partial charge in [0.05, 0.1) is 13.2 Å². The van der Waals surface area contributed by atoms with E-state index in [1.54, 1.807) is 57.3 Å². The predicted octanol–water partition coefficient (Wildman–Crippen LogP) is 0.780. The van der Waals surface area contributed by atoms with Gasteiger partial charge in [0.2, 0.25) is 15.9 Å². The third kappa shape index (κ3) is 7.71. The van der Waals surface area contributed by atoms with Crippen LogP contribution in [0.25, 0.3) is 16.8 Å². The van der Waals surface area contributed by atoms with Crippen molar-refractivity contribution in [2.24, 2.45) is 0 Å². The minimum atomic E-state index is -3.76. The van der Waals surface area contributed by atoms with E-state index in [1.165, 1.54) is 16.8 Å². The van der Waals surface area contributed by atoms with Crippen molar-refractivity contribution in [1.82, 2.24) is 39.4 Å². The van der Waals surface area contributed by atoms with Crippen LogP contribution < -0.4 is 15.4 Å². The number of ether oxygens (including phenoxy) is 1. The Morgan fingerprint density at radius 2 is 1.82 bits per heavy atom. The minimum absolute atomic E-state index is 0.0418. The number of nitrogens with zero attached hydrogens (tertiary/aromatic N) is 6. The average Bonchev–Trinajstić information content (AvgIpc) is 3.31. The Kier molecular flexibility index (Phi) is 8.98. The van der Waals surface area contributed by atoms with E-state index in [4.69, 9.17) is 4.74 Å². The van der Waals surface area contributed by atoms with Crippen LogP contribution in [0, 0.1) is 0 Å². The third-order valence-electron chi connectivity index (χ3n) is 6.09. The van der Waals surface area contributed by atoms with Gasteiger partial charge < -0.3 is 15.0 Å². The van der Waals surface area contributed by atoms with Gasteiger partial charge >= 0.3 is 6.03 Å². The molecule has 3 amide bonds. The van der Waals surface area contributed by atoms with Crippen LogP contribution in [0.3, 0.4) is 0 Å². The highest BCUT2D eigenvalue weighted by molar-refractivity contribution is 7.89. The van der Waals surface area contributed by atoms with Crippen molar-refractivity contribution in [3.63, 3.8) is 0 Å². The van der Waals surface area contributed by atoms with Crippen molar-refractivity contribution in [1.29, 1.82) is 0 Å². The molecule has 0 unspecified atom stereocenters. The second-order valence-electron chi connectivity index (χ2n) is 10.4. The molecule has 14 nitrogen and oxygen atoms in total. The average molecular weight is 574 g/mol. The first kappa shape index (κ1) is 29.3. The first-order valence-corrected chi connectivity index (χ1v) is 14.3. The van der Waals surface area contributed by atoms with E-state index in [0.717, 1.165) is 19.6 Å². The van der Waals surface area contributed by atoms with Crippen molar-refractivity contribution in [2.75, 3.05) is 58.3 Å². The van der Waals surface area contributed by atoms with E-state index in [0.29, 0.717) is 36.5 Å². The van der Waals surface area contributed by atoms with Crippen LogP contribution in [0.15, 0.2) is 41.7 Å². The molecule has 4 heterocycles. The normalized spacial score (nSPS) is 14.8. The zero-order valence-corrected chi connectivity index (χ0v) is 23.9. The Bertz CT molecular complexity index is 1460. The van der Waals surface area contributed by atoms with Gasteiger partial charge in [-0.2, -0.15) is 4.98 Å². The van der Waals surface area contributed by atoms with Gasteiger partial charge in [-0.15, -0.1) is 5.10 Å². The fourth-order valence-corrected chi connectivity index (χ4v) is 5.55. The second-order valence-corrected chi connectivity index (χ2v) is 12.1. The number of aromatic nitrogens is 4. The minimum Gasteiger partial charge on any atom is -0.383 e. The maximum Gasteiger partial charge on any atom is 0.322 e. The smallest absolute Gasteiger partial charge is 0.322 e. The molecule has 1 aliphatic heterocycles. The number of piperazine rings is 1. The molecule has 3 aromatic heterocycles. The van der Waals surface area contributed by atoms with Gasteiger partial charge in [-0.05, 0) is 39.0 Å². The molecule has 0 saturated carbocycles. The molecule has 1 aliphatic rings. The lowest BCUT2D eigenvalue weighted by molar-refractivity contribution is -0.131. The van der Waals surface area contributed by atoms with Crippen LogP contribution in [0.1, 0.15) is 20.8 Å². The molecule has 0 aromatic carbocycles. The van der Waals surface area contributed by atoms with Crippen LogP contribution in [0.5, 0.6) is 0 Å². The molecule has 0 atom stereocenters. The fraction of sp³-hybridized carbons (Fsp3) is 0.480. The summed E-state index contributed by atoms with van der Waals surface area (Å²) in [4.78, 5) is 37.3. The van der Waals surface area contributed by atoms with Crippen molar-refractivity contribution < 1.29 is 22.7 Å². The second kappa shape index (κ2) is 12.2. The van der Waals surface area contributed by atoms with Gasteiger partial charge in [0, 0.05) is 75.1 Å². The molecule has 216 valence electrons. The fourth-order valence-electron chi connectivity index (χ4n) is 4.15. The maximum absolute atomic E-state index is 12.7. The Balaban J connectivity index is 1.35. The maximum atomic E-state index is 12.7. The molecule has 3 N–H and O–H groups in total. The number of carbonyl (C=O) groups excluding carboxylic acids is 2. The highest BCUT2D eigenvalue weighted by Gasteiger charge is 2.23. The molecule has 0 spiro atoms.